The molecule has 0 saturated heterocycles. The fourth-order valence-corrected chi connectivity index (χ4v) is 0.996. The topological polar surface area (TPSA) is 46.6 Å². The Morgan fingerprint density at radius 3 is 2.59 bits per heavy atom. The van der Waals surface area contributed by atoms with E-state index in [0.29, 0.717) is 5.06 Å². The van der Waals surface area contributed by atoms with E-state index in [2.05, 4.69) is 16.7 Å². The Kier molecular flexibility index (Phi) is 4.23. The standard InChI is InChI=1S/C12H10FNO3/c1-9(15)17-14(2)12(16)8-7-10-5-3-4-6-11(10)13/h3-6H,1-2H3. The summed E-state index contributed by atoms with van der Waals surface area (Å²) in [7, 11) is 1.25. The molecular formula is C12H10FNO3. The third-order valence-electron chi connectivity index (χ3n) is 1.73. The van der Waals surface area contributed by atoms with Crippen LogP contribution in [-0.4, -0.2) is 24.0 Å². The van der Waals surface area contributed by atoms with Gasteiger partial charge in [-0.15, -0.1) is 0 Å². The zero-order valence-electron chi connectivity index (χ0n) is 9.36. The summed E-state index contributed by atoms with van der Waals surface area (Å²) in [6, 6.07) is 5.81. The van der Waals surface area contributed by atoms with Gasteiger partial charge in [0, 0.05) is 19.9 Å². The Morgan fingerprint density at radius 1 is 1.35 bits per heavy atom. The quantitative estimate of drug-likeness (QED) is 0.500. The third-order valence-corrected chi connectivity index (χ3v) is 1.73. The van der Waals surface area contributed by atoms with Gasteiger partial charge < -0.3 is 4.84 Å². The fraction of sp³-hybridized carbons (Fsp3) is 0.167. The van der Waals surface area contributed by atoms with E-state index in [1.165, 1.54) is 25.2 Å². The molecule has 1 rings (SSSR count). The average Bonchev–Trinajstić information content (AvgIpc) is 2.26. The lowest BCUT2D eigenvalue weighted by atomic mass is 10.2. The van der Waals surface area contributed by atoms with Gasteiger partial charge in [-0.05, 0) is 12.1 Å². The summed E-state index contributed by atoms with van der Waals surface area (Å²) in [6.45, 7) is 1.16. The number of benzene rings is 1. The van der Waals surface area contributed by atoms with Gasteiger partial charge in [0.15, 0.2) is 0 Å². The molecule has 1 amide bonds. The minimum absolute atomic E-state index is 0.108. The predicted octanol–water partition coefficient (Wildman–Crippen LogP) is 1.11. The van der Waals surface area contributed by atoms with Crippen molar-refractivity contribution < 1.29 is 18.8 Å². The summed E-state index contributed by atoms with van der Waals surface area (Å²) in [6.07, 6.45) is 0. The first-order valence-electron chi connectivity index (χ1n) is 4.73. The summed E-state index contributed by atoms with van der Waals surface area (Å²) in [5.41, 5.74) is 0.108. The number of halogens is 1. The van der Waals surface area contributed by atoms with Gasteiger partial charge in [-0.25, -0.2) is 4.39 Å². The van der Waals surface area contributed by atoms with Crippen molar-refractivity contribution in [2.45, 2.75) is 6.92 Å². The Bertz CT molecular complexity index is 502. The molecule has 0 atom stereocenters. The molecule has 0 fully saturated rings. The largest absolute Gasteiger partial charge is 0.338 e. The van der Waals surface area contributed by atoms with Crippen LogP contribution in [0.15, 0.2) is 24.3 Å². The molecule has 0 saturated carbocycles. The van der Waals surface area contributed by atoms with Crippen LogP contribution in [0.3, 0.4) is 0 Å². The molecule has 88 valence electrons. The molecule has 0 radical (unpaired) electrons. The molecule has 0 N–H and O–H groups in total. The van der Waals surface area contributed by atoms with E-state index in [9.17, 15) is 14.0 Å². The van der Waals surface area contributed by atoms with Crippen LogP contribution in [-0.2, 0) is 14.4 Å². The van der Waals surface area contributed by atoms with Crippen LogP contribution < -0.4 is 0 Å². The third kappa shape index (κ3) is 3.95. The summed E-state index contributed by atoms with van der Waals surface area (Å²) in [5.74, 6) is 2.65. The van der Waals surface area contributed by atoms with Crippen molar-refractivity contribution in [1.82, 2.24) is 5.06 Å². The summed E-state index contributed by atoms with van der Waals surface area (Å²) >= 11 is 0. The first-order valence-corrected chi connectivity index (χ1v) is 4.73. The number of carbonyl (C=O) groups is 2. The van der Waals surface area contributed by atoms with Crippen molar-refractivity contribution in [3.63, 3.8) is 0 Å². The van der Waals surface area contributed by atoms with Gasteiger partial charge in [-0.3, -0.25) is 9.59 Å². The van der Waals surface area contributed by atoms with Crippen molar-refractivity contribution >= 4 is 11.9 Å². The molecule has 5 heteroatoms. The molecular weight excluding hydrogens is 225 g/mol. The van der Waals surface area contributed by atoms with Gasteiger partial charge in [-0.2, -0.15) is 5.06 Å². The summed E-state index contributed by atoms with van der Waals surface area (Å²) < 4.78 is 13.1. The molecule has 0 aliphatic rings. The van der Waals surface area contributed by atoms with E-state index < -0.39 is 17.7 Å². The van der Waals surface area contributed by atoms with Gasteiger partial charge in [-0.1, -0.05) is 18.1 Å². The van der Waals surface area contributed by atoms with Crippen molar-refractivity contribution in [2.24, 2.45) is 0 Å². The van der Waals surface area contributed by atoms with Gasteiger partial charge in [0.05, 0.1) is 5.56 Å². The van der Waals surface area contributed by atoms with E-state index in [-0.39, 0.29) is 5.56 Å². The zero-order valence-corrected chi connectivity index (χ0v) is 9.36. The van der Waals surface area contributed by atoms with Crippen LogP contribution in [0.2, 0.25) is 0 Å². The molecule has 0 aromatic heterocycles. The highest BCUT2D eigenvalue weighted by Crippen LogP contribution is 2.03. The predicted molar refractivity (Wildman–Crippen MR) is 57.8 cm³/mol. The van der Waals surface area contributed by atoms with Crippen molar-refractivity contribution in [2.75, 3.05) is 7.05 Å². The van der Waals surface area contributed by atoms with Crippen LogP contribution in [0, 0.1) is 17.7 Å². The number of hydrogen-bond donors (Lipinski definition) is 0. The monoisotopic (exact) mass is 235 g/mol. The lowest BCUT2D eigenvalue weighted by molar-refractivity contribution is -0.186. The molecule has 0 unspecified atom stereocenters. The van der Waals surface area contributed by atoms with Crippen LogP contribution in [0.1, 0.15) is 12.5 Å². The smallest absolute Gasteiger partial charge is 0.331 e. The van der Waals surface area contributed by atoms with Crippen LogP contribution in [0.25, 0.3) is 0 Å². The van der Waals surface area contributed by atoms with Gasteiger partial charge in [0.25, 0.3) is 0 Å². The van der Waals surface area contributed by atoms with Crippen LogP contribution in [0.4, 0.5) is 4.39 Å². The zero-order chi connectivity index (χ0) is 12.8. The maximum atomic E-state index is 13.1. The first kappa shape index (κ1) is 12.7. The Morgan fingerprint density at radius 2 is 2.00 bits per heavy atom. The molecule has 0 aliphatic heterocycles. The van der Waals surface area contributed by atoms with E-state index in [1.54, 1.807) is 6.07 Å². The number of nitrogens with zero attached hydrogens (tertiary/aromatic N) is 1. The molecule has 0 aliphatic carbocycles. The van der Waals surface area contributed by atoms with Gasteiger partial charge >= 0.3 is 11.9 Å². The van der Waals surface area contributed by atoms with Gasteiger partial charge in [0.2, 0.25) is 0 Å². The Balaban J connectivity index is 2.76. The second kappa shape index (κ2) is 5.66. The maximum Gasteiger partial charge on any atom is 0.331 e. The van der Waals surface area contributed by atoms with Crippen molar-refractivity contribution in [1.29, 1.82) is 0 Å². The highest BCUT2D eigenvalue weighted by atomic mass is 19.1. The number of hydrogen-bond acceptors (Lipinski definition) is 3. The fourth-order valence-electron chi connectivity index (χ4n) is 0.996. The summed E-state index contributed by atoms with van der Waals surface area (Å²) in [4.78, 5) is 26.4. The molecule has 0 heterocycles. The second-order valence-electron chi connectivity index (χ2n) is 3.12. The maximum absolute atomic E-state index is 13.1. The van der Waals surface area contributed by atoms with Gasteiger partial charge in [0.1, 0.15) is 5.82 Å². The SMILES string of the molecule is CC(=O)ON(C)C(=O)C#Cc1ccccc1F. The molecule has 1 aromatic carbocycles. The van der Waals surface area contributed by atoms with E-state index in [4.69, 9.17) is 0 Å². The Labute approximate surface area is 97.9 Å². The lowest BCUT2D eigenvalue weighted by Gasteiger charge is -2.10. The molecule has 1 aromatic rings. The molecule has 0 bridgehead atoms. The number of carbonyl (C=O) groups excluding carboxylic acids is 2. The van der Waals surface area contributed by atoms with Crippen molar-refractivity contribution in [3.8, 4) is 11.8 Å². The number of hydroxylamine groups is 2. The number of amides is 1. The van der Waals surface area contributed by atoms with Crippen molar-refractivity contribution in [3.05, 3.63) is 35.6 Å². The van der Waals surface area contributed by atoms with Crippen LogP contribution >= 0.6 is 0 Å². The molecule has 4 nitrogen and oxygen atoms in total. The number of rotatable bonds is 0. The highest BCUT2D eigenvalue weighted by Gasteiger charge is 2.08. The minimum atomic E-state index is -0.733. The first-order chi connectivity index (χ1) is 8.00. The molecule has 0 spiro atoms. The lowest BCUT2D eigenvalue weighted by Crippen LogP contribution is -2.27. The average molecular weight is 235 g/mol. The second-order valence-corrected chi connectivity index (χ2v) is 3.12. The van der Waals surface area contributed by atoms with E-state index in [1.807, 2.05) is 0 Å². The molecule has 17 heavy (non-hydrogen) atoms. The normalized spacial score (nSPS) is 8.88. The van der Waals surface area contributed by atoms with E-state index in [0.717, 1.165) is 6.92 Å². The Hall–Kier alpha value is -2.35. The minimum Gasteiger partial charge on any atom is -0.338 e. The highest BCUT2D eigenvalue weighted by molar-refractivity contribution is 5.93. The van der Waals surface area contributed by atoms with Crippen LogP contribution in [0.5, 0.6) is 0 Å². The summed E-state index contributed by atoms with van der Waals surface area (Å²) in [5, 5.41) is 0.691. The van der Waals surface area contributed by atoms with E-state index >= 15 is 0 Å².